The third-order valence-electron chi connectivity index (χ3n) is 5.62. The van der Waals surface area contributed by atoms with Crippen molar-refractivity contribution in [1.29, 1.82) is 0 Å². The first-order valence-corrected chi connectivity index (χ1v) is 10.8. The molecule has 2 aliphatic rings. The van der Waals surface area contributed by atoms with Crippen molar-refractivity contribution in [3.63, 3.8) is 0 Å². The molecule has 24 heavy (non-hydrogen) atoms. The molecular weight excluding hydrogens is 322 g/mol. The van der Waals surface area contributed by atoms with Gasteiger partial charge in [-0.2, -0.15) is 0 Å². The molecule has 1 heterocycles. The van der Waals surface area contributed by atoms with Crippen molar-refractivity contribution in [3.8, 4) is 0 Å². The third-order valence-corrected chi connectivity index (χ3v) is 7.45. The van der Waals surface area contributed by atoms with Crippen molar-refractivity contribution >= 4 is 15.7 Å². The number of carbonyl (C=O) groups excluding carboxylic acids is 1. The fraction of sp³-hybridized carbons (Fsp3) is 0.632. The standard InChI is InChI=1S/C19H27NO3S/c1-15-5-4-6-17(11-15)19(8-2-3-9-19)14-20-18(21)12-16-7-10-24(22,23)13-16/h4-6,11,16H,2-3,7-10,12-14H2,1H3,(H,20,21). The van der Waals surface area contributed by atoms with Crippen LogP contribution in [0.25, 0.3) is 0 Å². The molecule has 5 heteroatoms. The van der Waals surface area contributed by atoms with E-state index >= 15 is 0 Å². The summed E-state index contributed by atoms with van der Waals surface area (Å²) in [5.41, 5.74) is 2.62. The minimum atomic E-state index is -2.91. The Morgan fingerprint density at radius 2 is 2.04 bits per heavy atom. The monoisotopic (exact) mass is 349 g/mol. The molecule has 3 rings (SSSR count). The first-order chi connectivity index (χ1) is 11.4. The van der Waals surface area contributed by atoms with Gasteiger partial charge >= 0.3 is 0 Å². The molecule has 1 saturated carbocycles. The van der Waals surface area contributed by atoms with E-state index in [1.54, 1.807) is 0 Å². The molecule has 1 aromatic carbocycles. The van der Waals surface area contributed by atoms with Gasteiger partial charge in [0.05, 0.1) is 11.5 Å². The van der Waals surface area contributed by atoms with Gasteiger partial charge in [-0.25, -0.2) is 8.42 Å². The van der Waals surface area contributed by atoms with Crippen molar-refractivity contribution in [2.24, 2.45) is 5.92 Å². The molecule has 0 aromatic heterocycles. The van der Waals surface area contributed by atoms with E-state index in [4.69, 9.17) is 0 Å². The van der Waals surface area contributed by atoms with E-state index in [2.05, 4.69) is 36.5 Å². The van der Waals surface area contributed by atoms with Crippen LogP contribution in [0.2, 0.25) is 0 Å². The highest BCUT2D eigenvalue weighted by Gasteiger charge is 2.36. The van der Waals surface area contributed by atoms with Crippen LogP contribution in [0.3, 0.4) is 0 Å². The van der Waals surface area contributed by atoms with E-state index in [9.17, 15) is 13.2 Å². The molecule has 1 aliphatic heterocycles. The van der Waals surface area contributed by atoms with Crippen LogP contribution in [0.1, 0.15) is 49.7 Å². The van der Waals surface area contributed by atoms with Crippen LogP contribution in [0.5, 0.6) is 0 Å². The van der Waals surface area contributed by atoms with Gasteiger partial charge in [0.2, 0.25) is 5.91 Å². The summed E-state index contributed by atoms with van der Waals surface area (Å²) >= 11 is 0. The van der Waals surface area contributed by atoms with Gasteiger partial charge in [0.25, 0.3) is 0 Å². The lowest BCUT2D eigenvalue weighted by molar-refractivity contribution is -0.122. The first kappa shape index (κ1) is 17.5. The fourth-order valence-electron chi connectivity index (χ4n) is 4.23. The Kier molecular flexibility index (Phi) is 5.00. The predicted octanol–water partition coefficient (Wildman–Crippen LogP) is 2.75. The number of hydrogen-bond acceptors (Lipinski definition) is 3. The molecule has 1 aliphatic carbocycles. The molecule has 1 aromatic rings. The molecule has 1 N–H and O–H groups in total. The second-order valence-electron chi connectivity index (χ2n) is 7.61. The largest absolute Gasteiger partial charge is 0.355 e. The molecule has 132 valence electrons. The highest BCUT2D eigenvalue weighted by Crippen LogP contribution is 2.40. The smallest absolute Gasteiger partial charge is 0.220 e. The van der Waals surface area contributed by atoms with Gasteiger partial charge in [-0.1, -0.05) is 42.7 Å². The Morgan fingerprint density at radius 3 is 2.67 bits per heavy atom. The summed E-state index contributed by atoms with van der Waals surface area (Å²) in [5, 5.41) is 3.10. The van der Waals surface area contributed by atoms with E-state index in [1.807, 2.05) is 0 Å². The molecule has 1 unspecified atom stereocenters. The molecular formula is C19H27NO3S. The normalized spacial score (nSPS) is 24.8. The fourth-order valence-corrected chi connectivity index (χ4v) is 6.09. The van der Waals surface area contributed by atoms with Crippen LogP contribution in [-0.4, -0.2) is 32.4 Å². The first-order valence-electron chi connectivity index (χ1n) is 8.93. The molecule has 0 spiro atoms. The number of amides is 1. The van der Waals surface area contributed by atoms with Gasteiger partial charge in [-0.3, -0.25) is 4.79 Å². The van der Waals surface area contributed by atoms with Gasteiger partial charge in [0.15, 0.2) is 9.84 Å². The van der Waals surface area contributed by atoms with Crippen molar-refractivity contribution < 1.29 is 13.2 Å². The van der Waals surface area contributed by atoms with Gasteiger partial charge < -0.3 is 5.32 Å². The zero-order chi connectivity index (χ0) is 17.2. The topological polar surface area (TPSA) is 63.2 Å². The van der Waals surface area contributed by atoms with Crippen molar-refractivity contribution in [2.45, 2.75) is 50.9 Å². The highest BCUT2D eigenvalue weighted by molar-refractivity contribution is 7.91. The molecule has 1 atom stereocenters. The van der Waals surface area contributed by atoms with Crippen molar-refractivity contribution in [1.82, 2.24) is 5.32 Å². The zero-order valence-electron chi connectivity index (χ0n) is 14.4. The summed E-state index contributed by atoms with van der Waals surface area (Å²) in [6.07, 6.45) is 5.57. The van der Waals surface area contributed by atoms with E-state index < -0.39 is 9.84 Å². The summed E-state index contributed by atoms with van der Waals surface area (Å²) in [6, 6.07) is 8.61. The average molecular weight is 349 g/mol. The Hall–Kier alpha value is -1.36. The molecule has 1 amide bonds. The summed E-state index contributed by atoms with van der Waals surface area (Å²) in [6.45, 7) is 2.76. The van der Waals surface area contributed by atoms with Crippen LogP contribution >= 0.6 is 0 Å². The number of benzene rings is 1. The Labute approximate surface area is 145 Å². The van der Waals surface area contributed by atoms with Crippen LogP contribution < -0.4 is 5.32 Å². The van der Waals surface area contributed by atoms with Gasteiger partial charge in [-0.05, 0) is 37.7 Å². The van der Waals surface area contributed by atoms with E-state index in [1.165, 1.54) is 24.0 Å². The van der Waals surface area contributed by atoms with Crippen molar-refractivity contribution in [3.05, 3.63) is 35.4 Å². The lowest BCUT2D eigenvalue weighted by Crippen LogP contribution is -2.39. The average Bonchev–Trinajstić information content (AvgIpc) is 3.13. The summed E-state index contributed by atoms with van der Waals surface area (Å²) in [4.78, 5) is 12.3. The SMILES string of the molecule is Cc1cccc(C2(CNC(=O)CC3CCS(=O)(=O)C3)CCCC2)c1. The maximum absolute atomic E-state index is 12.3. The van der Waals surface area contributed by atoms with Gasteiger partial charge in [0.1, 0.15) is 0 Å². The number of nitrogens with one attached hydrogen (secondary N) is 1. The lowest BCUT2D eigenvalue weighted by Gasteiger charge is -2.30. The van der Waals surface area contributed by atoms with Gasteiger partial charge in [-0.15, -0.1) is 0 Å². The lowest BCUT2D eigenvalue weighted by atomic mass is 9.78. The molecule has 0 radical (unpaired) electrons. The second-order valence-corrected chi connectivity index (χ2v) is 9.84. The predicted molar refractivity (Wildman–Crippen MR) is 95.7 cm³/mol. The third kappa shape index (κ3) is 4.00. The van der Waals surface area contributed by atoms with E-state index in [-0.39, 0.29) is 28.7 Å². The molecule has 1 saturated heterocycles. The number of sulfone groups is 1. The van der Waals surface area contributed by atoms with Crippen molar-refractivity contribution in [2.75, 3.05) is 18.1 Å². The van der Waals surface area contributed by atoms with Gasteiger partial charge in [0, 0.05) is 18.4 Å². The minimum absolute atomic E-state index is 0.00368. The molecule has 4 nitrogen and oxygen atoms in total. The van der Waals surface area contributed by atoms with E-state index in [0.717, 1.165) is 12.8 Å². The number of aryl methyl sites for hydroxylation is 1. The maximum atomic E-state index is 12.3. The summed E-state index contributed by atoms with van der Waals surface area (Å²) in [7, 11) is -2.91. The number of hydrogen-bond donors (Lipinski definition) is 1. The van der Waals surface area contributed by atoms with Crippen LogP contribution in [-0.2, 0) is 20.0 Å². The second kappa shape index (κ2) is 6.87. The highest BCUT2D eigenvalue weighted by atomic mass is 32.2. The quantitative estimate of drug-likeness (QED) is 0.889. The van der Waals surface area contributed by atoms with Crippen LogP contribution in [0.15, 0.2) is 24.3 Å². The maximum Gasteiger partial charge on any atom is 0.220 e. The Balaban J connectivity index is 1.61. The van der Waals surface area contributed by atoms with Crippen LogP contribution in [0.4, 0.5) is 0 Å². The zero-order valence-corrected chi connectivity index (χ0v) is 15.2. The summed E-state index contributed by atoms with van der Waals surface area (Å²) in [5.74, 6) is 0.395. The Morgan fingerprint density at radius 1 is 1.29 bits per heavy atom. The summed E-state index contributed by atoms with van der Waals surface area (Å²) < 4.78 is 23.1. The number of carbonyl (C=O) groups is 1. The van der Waals surface area contributed by atoms with E-state index in [0.29, 0.717) is 19.4 Å². The molecule has 0 bridgehead atoms. The van der Waals surface area contributed by atoms with Crippen LogP contribution in [0, 0.1) is 12.8 Å². The minimum Gasteiger partial charge on any atom is -0.355 e. The Bertz CT molecular complexity index is 705. The molecule has 2 fully saturated rings. The number of rotatable bonds is 5.